The van der Waals surface area contributed by atoms with E-state index in [1.54, 1.807) is 0 Å². The number of hydrogen-bond acceptors (Lipinski definition) is 0. The Morgan fingerprint density at radius 2 is 1.78 bits per heavy atom. The highest BCUT2D eigenvalue weighted by Gasteiger charge is 1.93. The molecular formula is C9H12. The summed E-state index contributed by atoms with van der Waals surface area (Å²) < 4.78 is 37.4. The minimum atomic E-state index is -0.329. The van der Waals surface area contributed by atoms with E-state index in [0.717, 1.165) is 0 Å². The summed E-state index contributed by atoms with van der Waals surface area (Å²) in [7, 11) is 0. The standard InChI is InChI=1S/C9H12/c1-8(2)9-6-4-3-5-7-9/h3-8H,1-2H3/i3D,4D,5D,6D,7D. The van der Waals surface area contributed by atoms with Gasteiger partial charge in [0, 0.05) is 0 Å². The van der Waals surface area contributed by atoms with E-state index >= 15 is 0 Å². The molecule has 0 saturated carbocycles. The van der Waals surface area contributed by atoms with E-state index in [2.05, 4.69) is 0 Å². The van der Waals surface area contributed by atoms with Gasteiger partial charge in [-0.15, -0.1) is 0 Å². The van der Waals surface area contributed by atoms with Gasteiger partial charge in [-0.25, -0.2) is 0 Å². The Bertz CT molecular complexity index is 341. The Morgan fingerprint density at radius 1 is 1.22 bits per heavy atom. The summed E-state index contributed by atoms with van der Waals surface area (Å²) >= 11 is 0. The predicted octanol–water partition coefficient (Wildman–Crippen LogP) is 2.81. The smallest absolute Gasteiger partial charge is 0.0622 e. The van der Waals surface area contributed by atoms with Crippen molar-refractivity contribution in [1.29, 1.82) is 0 Å². The molecule has 0 atom stereocenters. The maximum Gasteiger partial charge on any atom is 0.0626 e. The van der Waals surface area contributed by atoms with Gasteiger partial charge in [0.2, 0.25) is 0 Å². The van der Waals surface area contributed by atoms with Crippen LogP contribution in [0.3, 0.4) is 0 Å². The van der Waals surface area contributed by atoms with Crippen molar-refractivity contribution >= 4 is 0 Å². The van der Waals surface area contributed by atoms with Crippen molar-refractivity contribution in [1.82, 2.24) is 0 Å². The molecule has 1 aromatic rings. The van der Waals surface area contributed by atoms with Crippen LogP contribution in [-0.2, 0) is 0 Å². The summed E-state index contributed by atoms with van der Waals surface area (Å²) in [6, 6.07) is -1.02. The Labute approximate surface area is 63.6 Å². The van der Waals surface area contributed by atoms with Crippen molar-refractivity contribution < 1.29 is 6.85 Å². The summed E-state index contributed by atoms with van der Waals surface area (Å²) in [4.78, 5) is 0. The van der Waals surface area contributed by atoms with Gasteiger partial charge in [-0.05, 0) is 11.5 Å². The first-order valence-corrected chi connectivity index (χ1v) is 2.94. The highest BCUT2D eigenvalue weighted by Crippen LogP contribution is 2.11. The molecule has 0 saturated heterocycles. The highest BCUT2D eigenvalue weighted by atomic mass is 14.0. The van der Waals surface area contributed by atoms with E-state index in [1.165, 1.54) is 0 Å². The molecule has 0 amide bonds. The fourth-order valence-electron chi connectivity index (χ4n) is 0.548. The third-order valence-corrected chi connectivity index (χ3v) is 1.10. The summed E-state index contributed by atoms with van der Waals surface area (Å²) in [6.45, 7) is 3.63. The molecule has 0 fully saturated rings. The average Bonchev–Trinajstić information content (AvgIpc) is 2.11. The normalized spacial score (nSPS) is 17.9. The van der Waals surface area contributed by atoms with Crippen LogP contribution in [0.2, 0.25) is 0 Å². The summed E-state index contributed by atoms with van der Waals surface area (Å²) in [5.74, 6) is -0.0659. The summed E-state index contributed by atoms with van der Waals surface area (Å²) in [5.41, 5.74) is 0.385. The average molecular weight is 125 g/mol. The number of hydrogen-bond donors (Lipinski definition) is 0. The SMILES string of the molecule is [2H]c1c([2H])c([2H])c(C(C)C)c([2H])c1[2H]. The molecule has 0 heterocycles. The van der Waals surface area contributed by atoms with Gasteiger partial charge in [0.1, 0.15) is 0 Å². The quantitative estimate of drug-likeness (QED) is 0.541. The first-order chi connectivity index (χ1) is 6.37. The van der Waals surface area contributed by atoms with Crippen molar-refractivity contribution in [3.05, 3.63) is 35.8 Å². The van der Waals surface area contributed by atoms with Crippen molar-refractivity contribution in [3.63, 3.8) is 0 Å². The monoisotopic (exact) mass is 125 g/mol. The summed E-state index contributed by atoms with van der Waals surface area (Å²) in [6.07, 6.45) is 0. The molecule has 48 valence electrons. The van der Waals surface area contributed by atoms with Gasteiger partial charge in [0.15, 0.2) is 0 Å². The van der Waals surface area contributed by atoms with E-state index < -0.39 is 0 Å². The van der Waals surface area contributed by atoms with Gasteiger partial charge in [0.05, 0.1) is 6.85 Å². The van der Waals surface area contributed by atoms with Crippen LogP contribution in [0.25, 0.3) is 0 Å². The predicted molar refractivity (Wildman–Crippen MR) is 40.5 cm³/mol. The van der Waals surface area contributed by atoms with Crippen LogP contribution >= 0.6 is 0 Å². The highest BCUT2D eigenvalue weighted by molar-refractivity contribution is 5.17. The molecule has 0 spiro atoms. The topological polar surface area (TPSA) is 0 Å². The zero-order chi connectivity index (χ0) is 11.0. The first-order valence-electron chi connectivity index (χ1n) is 5.44. The van der Waals surface area contributed by atoms with Gasteiger partial charge in [-0.3, -0.25) is 0 Å². The largest absolute Gasteiger partial charge is 0.0626 e. The minimum absolute atomic E-state index is 0.0659. The molecule has 0 aliphatic carbocycles. The van der Waals surface area contributed by atoms with Crippen LogP contribution in [0, 0.1) is 0 Å². The lowest BCUT2D eigenvalue weighted by atomic mass is 10.0. The molecule has 0 unspecified atom stereocenters. The Kier molecular flexibility index (Phi) is 0.729. The Morgan fingerprint density at radius 3 is 2.22 bits per heavy atom. The second kappa shape index (κ2) is 2.67. The second-order valence-corrected chi connectivity index (χ2v) is 2.19. The van der Waals surface area contributed by atoms with Gasteiger partial charge in [-0.2, -0.15) is 0 Å². The van der Waals surface area contributed by atoms with Crippen LogP contribution in [-0.4, -0.2) is 0 Å². The third kappa shape index (κ3) is 1.56. The van der Waals surface area contributed by atoms with E-state index in [9.17, 15) is 0 Å². The molecule has 0 bridgehead atoms. The van der Waals surface area contributed by atoms with Crippen LogP contribution in [0.4, 0.5) is 0 Å². The molecule has 0 radical (unpaired) electrons. The van der Waals surface area contributed by atoms with Crippen molar-refractivity contribution in [2.75, 3.05) is 0 Å². The fraction of sp³-hybridized carbons (Fsp3) is 0.333. The maximum atomic E-state index is 7.59. The van der Waals surface area contributed by atoms with Crippen LogP contribution < -0.4 is 0 Å². The van der Waals surface area contributed by atoms with Gasteiger partial charge in [-0.1, -0.05) is 44.1 Å². The van der Waals surface area contributed by atoms with E-state index in [1.807, 2.05) is 13.8 Å². The van der Waals surface area contributed by atoms with E-state index in [0.29, 0.717) is 5.56 Å². The molecule has 0 N–H and O–H groups in total. The molecule has 9 heavy (non-hydrogen) atoms. The maximum absolute atomic E-state index is 7.59. The molecule has 0 aliphatic rings. The lowest BCUT2D eigenvalue weighted by molar-refractivity contribution is 0.867. The zero-order valence-electron chi connectivity index (χ0n) is 10.6. The Hall–Kier alpha value is -0.780. The molecule has 0 aromatic heterocycles. The molecule has 0 heteroatoms. The van der Waals surface area contributed by atoms with Crippen molar-refractivity contribution in [3.8, 4) is 0 Å². The van der Waals surface area contributed by atoms with Crippen LogP contribution in [0.15, 0.2) is 30.2 Å². The molecule has 0 nitrogen and oxygen atoms in total. The van der Waals surface area contributed by atoms with Gasteiger partial charge >= 0.3 is 0 Å². The van der Waals surface area contributed by atoms with Crippen molar-refractivity contribution in [2.24, 2.45) is 0 Å². The van der Waals surface area contributed by atoms with Crippen LogP contribution in [0.5, 0.6) is 0 Å². The molecule has 1 aromatic carbocycles. The van der Waals surface area contributed by atoms with Gasteiger partial charge in [0.25, 0.3) is 0 Å². The number of rotatable bonds is 1. The van der Waals surface area contributed by atoms with Gasteiger partial charge < -0.3 is 0 Å². The Balaban J connectivity index is 3.60. The number of benzene rings is 1. The van der Waals surface area contributed by atoms with Crippen molar-refractivity contribution in [2.45, 2.75) is 19.8 Å². The first kappa shape index (κ1) is 2.45. The molecular weight excluding hydrogens is 108 g/mol. The molecule has 1 rings (SSSR count). The minimum Gasteiger partial charge on any atom is -0.0622 e. The zero-order valence-corrected chi connectivity index (χ0v) is 5.58. The second-order valence-electron chi connectivity index (χ2n) is 2.19. The fourth-order valence-corrected chi connectivity index (χ4v) is 0.548. The lowest BCUT2D eigenvalue weighted by Crippen LogP contribution is -1.83. The van der Waals surface area contributed by atoms with E-state index in [-0.39, 0.29) is 36.1 Å². The van der Waals surface area contributed by atoms with Crippen LogP contribution in [0.1, 0.15) is 32.2 Å². The lowest BCUT2D eigenvalue weighted by Gasteiger charge is -2.01. The van der Waals surface area contributed by atoms with E-state index in [4.69, 9.17) is 6.85 Å². The third-order valence-electron chi connectivity index (χ3n) is 1.10. The summed E-state index contributed by atoms with van der Waals surface area (Å²) in [5, 5.41) is 0. The molecule has 0 aliphatic heterocycles.